The lowest BCUT2D eigenvalue weighted by molar-refractivity contribution is 0.319. The van der Waals surface area contributed by atoms with E-state index in [0.717, 1.165) is 33.8 Å². The molecule has 0 fully saturated rings. The number of rotatable bonds is 8. The van der Waals surface area contributed by atoms with Gasteiger partial charge in [0.15, 0.2) is 0 Å². The van der Waals surface area contributed by atoms with Crippen LogP contribution >= 0.6 is 15.9 Å². The number of alkyl halides is 1. The maximum Gasteiger partial charge on any atom is 0.261 e. The van der Waals surface area contributed by atoms with E-state index in [1.54, 1.807) is 30.3 Å². The zero-order chi connectivity index (χ0) is 21.0. The third kappa shape index (κ3) is 4.52. The topological polar surface area (TPSA) is 71.2 Å². The van der Waals surface area contributed by atoms with E-state index in [4.69, 9.17) is 4.74 Å². The van der Waals surface area contributed by atoms with Crippen LogP contribution in [-0.2, 0) is 10.0 Å². The molecule has 30 heavy (non-hydrogen) atoms. The predicted octanol–water partition coefficient (Wildman–Crippen LogP) is 5.80. The Bertz CT molecular complexity index is 1250. The lowest BCUT2D eigenvalue weighted by Crippen LogP contribution is -2.12. The fourth-order valence-electron chi connectivity index (χ4n) is 3.23. The molecule has 4 rings (SSSR count). The second kappa shape index (κ2) is 8.93. The first-order valence-electron chi connectivity index (χ1n) is 9.55. The van der Waals surface area contributed by atoms with E-state index in [9.17, 15) is 8.42 Å². The largest absolute Gasteiger partial charge is 0.494 e. The highest BCUT2D eigenvalue weighted by Crippen LogP contribution is 2.30. The summed E-state index contributed by atoms with van der Waals surface area (Å²) in [6, 6.07) is 21.9. The number of aromatic amines is 1. The van der Waals surface area contributed by atoms with E-state index < -0.39 is 10.0 Å². The van der Waals surface area contributed by atoms with Crippen LogP contribution in [-0.4, -0.2) is 25.3 Å². The van der Waals surface area contributed by atoms with Gasteiger partial charge in [-0.25, -0.2) is 8.42 Å². The van der Waals surface area contributed by atoms with Crippen molar-refractivity contribution in [3.63, 3.8) is 0 Å². The van der Waals surface area contributed by atoms with Gasteiger partial charge in [0.05, 0.1) is 11.5 Å². The number of fused-ring (bicyclic) bond motifs is 1. The molecule has 0 saturated carbocycles. The van der Waals surface area contributed by atoms with Gasteiger partial charge in [0.2, 0.25) is 0 Å². The van der Waals surface area contributed by atoms with E-state index in [1.165, 1.54) is 0 Å². The number of sulfonamides is 1. The van der Waals surface area contributed by atoms with E-state index in [0.29, 0.717) is 18.0 Å². The van der Waals surface area contributed by atoms with Crippen LogP contribution in [0.2, 0.25) is 0 Å². The molecule has 0 bridgehead atoms. The number of H-pyrrole nitrogens is 1. The van der Waals surface area contributed by atoms with Gasteiger partial charge in [-0.1, -0.05) is 46.3 Å². The number of hydrogen-bond acceptors (Lipinski definition) is 3. The van der Waals surface area contributed by atoms with Crippen molar-refractivity contribution in [2.45, 2.75) is 11.3 Å². The van der Waals surface area contributed by atoms with Crippen LogP contribution in [0.4, 0.5) is 5.69 Å². The lowest BCUT2D eigenvalue weighted by Gasteiger charge is -2.11. The fraction of sp³-hybridized carbons (Fsp3) is 0.130. The molecule has 4 aromatic rings. The Kier molecular flexibility index (Phi) is 6.11. The third-order valence-electron chi connectivity index (χ3n) is 4.70. The van der Waals surface area contributed by atoms with Crippen molar-refractivity contribution >= 4 is 42.5 Å². The van der Waals surface area contributed by atoms with Crippen LogP contribution in [0, 0.1) is 0 Å². The molecule has 0 radical (unpaired) electrons. The summed E-state index contributed by atoms with van der Waals surface area (Å²) in [6.07, 6.45) is 2.82. The highest BCUT2D eigenvalue weighted by Gasteiger charge is 2.15. The Labute approximate surface area is 184 Å². The van der Waals surface area contributed by atoms with Crippen LogP contribution in [0.5, 0.6) is 5.75 Å². The Hall–Kier alpha value is -2.77. The normalized spacial score (nSPS) is 11.5. The Morgan fingerprint density at radius 2 is 1.77 bits per heavy atom. The minimum Gasteiger partial charge on any atom is -0.494 e. The van der Waals surface area contributed by atoms with Gasteiger partial charge >= 0.3 is 0 Å². The van der Waals surface area contributed by atoms with Gasteiger partial charge in [-0.05, 0) is 54.4 Å². The van der Waals surface area contributed by atoms with Crippen molar-refractivity contribution < 1.29 is 13.2 Å². The molecule has 2 N–H and O–H groups in total. The van der Waals surface area contributed by atoms with Crippen molar-refractivity contribution in [3.8, 4) is 16.9 Å². The van der Waals surface area contributed by atoms with Gasteiger partial charge in [-0.2, -0.15) is 0 Å². The molecule has 7 heteroatoms. The van der Waals surface area contributed by atoms with Crippen molar-refractivity contribution in [1.82, 2.24) is 4.98 Å². The van der Waals surface area contributed by atoms with E-state index >= 15 is 0 Å². The summed E-state index contributed by atoms with van der Waals surface area (Å²) in [4.78, 5) is 3.44. The monoisotopic (exact) mass is 484 g/mol. The summed E-state index contributed by atoms with van der Waals surface area (Å²) in [5.41, 5.74) is 3.51. The van der Waals surface area contributed by atoms with Crippen LogP contribution in [0.3, 0.4) is 0 Å². The molecule has 0 unspecified atom stereocenters. The summed E-state index contributed by atoms with van der Waals surface area (Å²) < 4.78 is 33.9. The number of para-hydroxylation sites is 1. The molecule has 0 saturated heterocycles. The highest BCUT2D eigenvalue weighted by atomic mass is 79.9. The van der Waals surface area contributed by atoms with Crippen LogP contribution in [0.1, 0.15) is 6.42 Å². The number of benzene rings is 3. The van der Waals surface area contributed by atoms with E-state index in [-0.39, 0.29) is 4.90 Å². The van der Waals surface area contributed by atoms with Crippen LogP contribution in [0.15, 0.2) is 83.9 Å². The summed E-state index contributed by atoms with van der Waals surface area (Å²) >= 11 is 3.35. The minimum absolute atomic E-state index is 0.188. The smallest absolute Gasteiger partial charge is 0.261 e. The average molecular weight is 485 g/mol. The molecule has 1 heterocycles. The maximum atomic E-state index is 12.8. The van der Waals surface area contributed by atoms with Gasteiger partial charge in [-0.3, -0.25) is 4.72 Å². The third-order valence-corrected chi connectivity index (χ3v) is 6.65. The molecular weight excluding hydrogens is 464 g/mol. The Balaban J connectivity index is 1.54. The molecule has 5 nitrogen and oxygen atoms in total. The summed E-state index contributed by atoms with van der Waals surface area (Å²) in [5, 5.41) is 1.95. The number of nitrogens with one attached hydrogen (secondary N) is 2. The molecule has 154 valence electrons. The van der Waals surface area contributed by atoms with Gasteiger partial charge in [0, 0.05) is 33.7 Å². The Morgan fingerprint density at radius 3 is 2.57 bits per heavy atom. The molecule has 0 atom stereocenters. The molecule has 0 amide bonds. The van der Waals surface area contributed by atoms with E-state index in [2.05, 4.69) is 25.6 Å². The molecule has 0 aliphatic rings. The molecular formula is C23H21BrN2O3S. The average Bonchev–Trinajstić information content (AvgIpc) is 3.18. The van der Waals surface area contributed by atoms with Gasteiger partial charge in [0.25, 0.3) is 10.0 Å². The second-order valence-electron chi connectivity index (χ2n) is 6.80. The standard InChI is InChI=1S/C23H21BrN2O3S/c24-13-4-14-29-19-9-11-20(12-10-19)30(27,28)26-18-6-3-5-17(15-18)22-16-25-23-8-2-1-7-21(22)23/h1-3,5-12,15-16,25-26H,4,13-14H2. The second-order valence-corrected chi connectivity index (χ2v) is 9.27. The number of hydrogen-bond donors (Lipinski definition) is 2. The highest BCUT2D eigenvalue weighted by molar-refractivity contribution is 9.09. The van der Waals surface area contributed by atoms with Gasteiger partial charge < -0.3 is 9.72 Å². The van der Waals surface area contributed by atoms with Gasteiger partial charge in [-0.15, -0.1) is 0 Å². The molecule has 0 aliphatic heterocycles. The number of anilines is 1. The fourth-order valence-corrected chi connectivity index (χ4v) is 4.51. The quantitative estimate of drug-likeness (QED) is 0.245. The van der Waals surface area contributed by atoms with E-state index in [1.807, 2.05) is 48.7 Å². The van der Waals surface area contributed by atoms with Crippen molar-refractivity contribution in [1.29, 1.82) is 0 Å². The predicted molar refractivity (Wildman–Crippen MR) is 125 cm³/mol. The first-order chi connectivity index (χ1) is 14.6. The SMILES string of the molecule is O=S(=O)(Nc1cccc(-c2c[nH]c3ccccc23)c1)c1ccc(OCCCBr)cc1. The maximum absolute atomic E-state index is 12.8. The van der Waals surface area contributed by atoms with Crippen molar-refractivity contribution in [2.24, 2.45) is 0 Å². The first-order valence-corrected chi connectivity index (χ1v) is 12.2. The number of ether oxygens (including phenoxy) is 1. The number of halogens is 1. The van der Waals surface area contributed by atoms with Crippen LogP contribution < -0.4 is 9.46 Å². The molecule has 0 aliphatic carbocycles. The Morgan fingerprint density at radius 1 is 0.967 bits per heavy atom. The van der Waals surface area contributed by atoms with Crippen molar-refractivity contribution in [3.05, 3.63) is 79.0 Å². The zero-order valence-electron chi connectivity index (χ0n) is 16.1. The molecule has 3 aromatic carbocycles. The zero-order valence-corrected chi connectivity index (χ0v) is 18.5. The summed E-state index contributed by atoms with van der Waals surface area (Å²) in [6.45, 7) is 0.580. The minimum atomic E-state index is -3.70. The number of aromatic nitrogens is 1. The summed E-state index contributed by atoms with van der Waals surface area (Å²) in [7, 11) is -3.70. The summed E-state index contributed by atoms with van der Waals surface area (Å²) in [5.74, 6) is 0.649. The van der Waals surface area contributed by atoms with Crippen molar-refractivity contribution in [2.75, 3.05) is 16.7 Å². The first kappa shape index (κ1) is 20.5. The molecule has 0 spiro atoms. The molecule has 1 aromatic heterocycles. The lowest BCUT2D eigenvalue weighted by atomic mass is 10.0. The van der Waals surface area contributed by atoms with Crippen LogP contribution in [0.25, 0.3) is 22.0 Å². The van der Waals surface area contributed by atoms with Gasteiger partial charge in [0.1, 0.15) is 5.75 Å².